The second kappa shape index (κ2) is 5.13. The molecule has 5 rings (SSSR count). The number of amides is 2. The van der Waals surface area contributed by atoms with Gasteiger partial charge < -0.3 is 19.3 Å². The summed E-state index contributed by atoms with van der Waals surface area (Å²) in [7, 11) is 0. The molecule has 126 valence electrons. The third-order valence-electron chi connectivity index (χ3n) is 5.49. The predicted molar refractivity (Wildman–Crippen MR) is 85.0 cm³/mol. The van der Waals surface area contributed by atoms with Crippen LogP contribution >= 0.6 is 0 Å². The maximum atomic E-state index is 12.8. The number of fused-ring (bicyclic) bond motifs is 4. The van der Waals surface area contributed by atoms with E-state index in [0.29, 0.717) is 22.6 Å². The van der Waals surface area contributed by atoms with E-state index in [-0.39, 0.29) is 24.3 Å². The normalized spacial score (nSPS) is 28.2. The summed E-state index contributed by atoms with van der Waals surface area (Å²) in [4.78, 5) is 29.2. The molecule has 0 aliphatic carbocycles. The van der Waals surface area contributed by atoms with Crippen molar-refractivity contribution in [2.24, 2.45) is 0 Å². The van der Waals surface area contributed by atoms with E-state index in [1.165, 1.54) is 0 Å². The van der Waals surface area contributed by atoms with Gasteiger partial charge >= 0.3 is 0 Å². The lowest BCUT2D eigenvalue weighted by Crippen LogP contribution is -2.51. The van der Waals surface area contributed by atoms with E-state index in [2.05, 4.69) is 0 Å². The van der Waals surface area contributed by atoms with Gasteiger partial charge in [-0.2, -0.15) is 0 Å². The molecule has 0 aromatic heterocycles. The van der Waals surface area contributed by atoms with Crippen LogP contribution < -0.4 is 9.47 Å². The summed E-state index contributed by atoms with van der Waals surface area (Å²) in [5.74, 6) is 1.03. The summed E-state index contributed by atoms with van der Waals surface area (Å²) in [6.07, 6.45) is 5.45. The summed E-state index contributed by atoms with van der Waals surface area (Å²) in [6, 6.07) is 3.42. The Morgan fingerprint density at radius 2 is 1.21 bits per heavy atom. The van der Waals surface area contributed by atoms with E-state index in [4.69, 9.17) is 9.47 Å². The lowest BCUT2D eigenvalue weighted by atomic mass is 9.99. The van der Waals surface area contributed by atoms with Gasteiger partial charge in [-0.15, -0.1) is 0 Å². The Labute approximate surface area is 140 Å². The Hall–Kier alpha value is -2.24. The van der Waals surface area contributed by atoms with E-state index in [1.54, 1.807) is 21.9 Å². The molecule has 1 aromatic carbocycles. The van der Waals surface area contributed by atoms with Crippen LogP contribution in [-0.4, -0.2) is 47.2 Å². The second-order valence-electron chi connectivity index (χ2n) is 6.98. The van der Waals surface area contributed by atoms with Crippen LogP contribution in [0.1, 0.15) is 59.2 Å². The number of rotatable bonds is 0. The lowest BCUT2D eigenvalue weighted by Gasteiger charge is -2.42. The molecule has 0 radical (unpaired) electrons. The Morgan fingerprint density at radius 1 is 0.750 bits per heavy atom. The quantitative estimate of drug-likeness (QED) is 0.734. The van der Waals surface area contributed by atoms with Crippen LogP contribution in [0.2, 0.25) is 0 Å². The standard InChI is InChI=1S/C18H20N2O4/c21-17-11-10-14-12(18(22)20-8-4-2-6-16(20)24-14)9-13(11)23-15-5-1-3-7-19(15)17/h9-10,15-16H,1-8H2. The highest BCUT2D eigenvalue weighted by atomic mass is 16.5. The Kier molecular flexibility index (Phi) is 3.02. The molecule has 2 atom stereocenters. The maximum absolute atomic E-state index is 12.8. The average Bonchev–Trinajstić information content (AvgIpc) is 2.62. The summed E-state index contributed by atoms with van der Waals surface area (Å²) in [6.45, 7) is 1.46. The number of carbonyl (C=O) groups excluding carboxylic acids is 2. The van der Waals surface area contributed by atoms with Gasteiger partial charge in [0.25, 0.3) is 11.8 Å². The van der Waals surface area contributed by atoms with Crippen LogP contribution in [0, 0.1) is 0 Å². The van der Waals surface area contributed by atoms with Gasteiger partial charge in [0.1, 0.15) is 11.5 Å². The van der Waals surface area contributed by atoms with E-state index in [9.17, 15) is 9.59 Å². The molecular formula is C18H20N2O4. The molecule has 1 aromatic rings. The fourth-order valence-electron chi connectivity index (χ4n) is 4.20. The van der Waals surface area contributed by atoms with E-state index in [0.717, 1.165) is 51.6 Å². The van der Waals surface area contributed by atoms with E-state index >= 15 is 0 Å². The van der Waals surface area contributed by atoms with Crippen molar-refractivity contribution in [1.29, 1.82) is 0 Å². The molecule has 0 spiro atoms. The highest BCUT2D eigenvalue weighted by molar-refractivity contribution is 6.03. The molecule has 6 heteroatoms. The average molecular weight is 328 g/mol. The molecule has 2 fully saturated rings. The molecule has 2 amide bonds. The molecule has 0 saturated carbocycles. The van der Waals surface area contributed by atoms with Gasteiger partial charge in [-0.1, -0.05) is 0 Å². The zero-order valence-electron chi connectivity index (χ0n) is 13.5. The summed E-state index contributed by atoms with van der Waals surface area (Å²) < 4.78 is 12.1. The van der Waals surface area contributed by atoms with Crippen molar-refractivity contribution in [3.8, 4) is 11.5 Å². The summed E-state index contributed by atoms with van der Waals surface area (Å²) in [5, 5.41) is 0. The third kappa shape index (κ3) is 1.95. The molecular weight excluding hydrogens is 308 g/mol. The first-order valence-corrected chi connectivity index (χ1v) is 8.86. The van der Waals surface area contributed by atoms with Crippen molar-refractivity contribution in [3.05, 3.63) is 23.3 Å². The minimum absolute atomic E-state index is 0.00845. The van der Waals surface area contributed by atoms with Crippen LogP contribution in [0.4, 0.5) is 0 Å². The second-order valence-corrected chi connectivity index (χ2v) is 6.98. The Bertz CT molecular complexity index is 670. The fourth-order valence-corrected chi connectivity index (χ4v) is 4.20. The van der Waals surface area contributed by atoms with Crippen molar-refractivity contribution in [3.63, 3.8) is 0 Å². The molecule has 24 heavy (non-hydrogen) atoms. The van der Waals surface area contributed by atoms with Gasteiger partial charge in [-0.3, -0.25) is 9.59 Å². The highest BCUT2D eigenvalue weighted by Gasteiger charge is 2.40. The molecule has 6 nitrogen and oxygen atoms in total. The van der Waals surface area contributed by atoms with Gasteiger partial charge in [0.15, 0.2) is 12.5 Å². The number of piperidine rings is 2. The molecule has 4 aliphatic heterocycles. The first kappa shape index (κ1) is 14.1. The number of benzene rings is 1. The van der Waals surface area contributed by atoms with Gasteiger partial charge in [-0.25, -0.2) is 0 Å². The number of carbonyl (C=O) groups is 2. The van der Waals surface area contributed by atoms with Crippen LogP contribution in [-0.2, 0) is 0 Å². The SMILES string of the molecule is O=C1c2cc3c(cc2OC2CCCCN12)C(=O)N1CCCCC1O3. The Balaban J connectivity index is 1.57. The first-order chi connectivity index (χ1) is 11.7. The molecule has 0 N–H and O–H groups in total. The predicted octanol–water partition coefficient (Wildman–Crippen LogP) is 2.38. The van der Waals surface area contributed by atoms with Gasteiger partial charge in [-0.05, 0) is 37.8 Å². The number of nitrogens with zero attached hydrogens (tertiary/aromatic N) is 2. The smallest absolute Gasteiger partial charge is 0.260 e. The first-order valence-electron chi connectivity index (χ1n) is 8.86. The van der Waals surface area contributed by atoms with Gasteiger partial charge in [0.05, 0.1) is 11.1 Å². The van der Waals surface area contributed by atoms with Crippen molar-refractivity contribution in [2.45, 2.75) is 51.0 Å². The Morgan fingerprint density at radius 3 is 1.67 bits per heavy atom. The minimum atomic E-state index is -0.195. The van der Waals surface area contributed by atoms with Crippen LogP contribution in [0.25, 0.3) is 0 Å². The van der Waals surface area contributed by atoms with Crippen LogP contribution in [0.3, 0.4) is 0 Å². The maximum Gasteiger partial charge on any atom is 0.260 e. The zero-order valence-corrected chi connectivity index (χ0v) is 13.5. The third-order valence-corrected chi connectivity index (χ3v) is 5.49. The molecule has 2 unspecified atom stereocenters. The monoisotopic (exact) mass is 328 g/mol. The number of hydrogen-bond donors (Lipinski definition) is 0. The highest BCUT2D eigenvalue weighted by Crippen LogP contribution is 2.40. The van der Waals surface area contributed by atoms with Crippen molar-refractivity contribution >= 4 is 11.8 Å². The van der Waals surface area contributed by atoms with Crippen LogP contribution in [0.15, 0.2) is 12.1 Å². The summed E-state index contributed by atoms with van der Waals surface area (Å²) >= 11 is 0. The molecule has 0 bridgehead atoms. The minimum Gasteiger partial charge on any atom is -0.470 e. The van der Waals surface area contributed by atoms with Gasteiger partial charge in [0, 0.05) is 25.9 Å². The van der Waals surface area contributed by atoms with Crippen molar-refractivity contribution in [1.82, 2.24) is 9.80 Å². The van der Waals surface area contributed by atoms with Crippen molar-refractivity contribution < 1.29 is 19.1 Å². The molecule has 2 saturated heterocycles. The largest absolute Gasteiger partial charge is 0.470 e. The number of hydrogen-bond acceptors (Lipinski definition) is 4. The zero-order chi connectivity index (χ0) is 16.3. The van der Waals surface area contributed by atoms with Gasteiger partial charge in [0.2, 0.25) is 0 Å². The van der Waals surface area contributed by atoms with Crippen LogP contribution in [0.5, 0.6) is 11.5 Å². The lowest BCUT2D eigenvalue weighted by molar-refractivity contribution is -0.0139. The summed E-state index contributed by atoms with van der Waals surface area (Å²) in [5.41, 5.74) is 1.04. The molecule has 4 aliphatic rings. The van der Waals surface area contributed by atoms with E-state index in [1.807, 2.05) is 0 Å². The molecule has 4 heterocycles. The number of ether oxygens (including phenoxy) is 2. The fraction of sp³-hybridized carbons (Fsp3) is 0.556. The van der Waals surface area contributed by atoms with Crippen molar-refractivity contribution in [2.75, 3.05) is 13.1 Å². The topological polar surface area (TPSA) is 59.1 Å². The van der Waals surface area contributed by atoms with E-state index < -0.39 is 0 Å².